The Morgan fingerprint density at radius 1 is 1.63 bits per heavy atom. The molecule has 0 aromatic carbocycles. The first-order valence-corrected chi connectivity index (χ1v) is 7.31. The normalized spacial score (nSPS) is 14.6. The molecule has 1 aliphatic rings. The summed E-state index contributed by atoms with van der Waals surface area (Å²) in [7, 11) is 1.70. The molecular weight excluding hydrogens is 284 g/mol. The number of rotatable bonds is 4. The van der Waals surface area contributed by atoms with Crippen LogP contribution in [0.2, 0.25) is 5.15 Å². The van der Waals surface area contributed by atoms with Crippen molar-refractivity contribution in [1.82, 2.24) is 20.1 Å². The number of aryl methyl sites for hydroxylation is 1. The third-order valence-electron chi connectivity index (χ3n) is 2.98. The summed E-state index contributed by atoms with van der Waals surface area (Å²) in [4.78, 5) is 16.4. The van der Waals surface area contributed by atoms with Crippen molar-refractivity contribution in [1.29, 1.82) is 0 Å². The van der Waals surface area contributed by atoms with Gasteiger partial charge in [-0.1, -0.05) is 11.6 Å². The van der Waals surface area contributed by atoms with E-state index in [-0.39, 0.29) is 5.91 Å². The van der Waals surface area contributed by atoms with E-state index in [0.717, 1.165) is 5.69 Å². The fourth-order valence-electron chi connectivity index (χ4n) is 1.74. The maximum Gasteiger partial charge on any atom is 0.272 e. The van der Waals surface area contributed by atoms with Crippen LogP contribution in [0.5, 0.6) is 0 Å². The largest absolute Gasteiger partial charge is 0.345 e. The van der Waals surface area contributed by atoms with Gasteiger partial charge in [0.2, 0.25) is 0 Å². The maximum atomic E-state index is 11.9. The predicted molar refractivity (Wildman–Crippen MR) is 73.5 cm³/mol. The monoisotopic (exact) mass is 296 g/mol. The Labute approximate surface area is 119 Å². The van der Waals surface area contributed by atoms with E-state index in [4.69, 9.17) is 11.6 Å². The van der Waals surface area contributed by atoms with Gasteiger partial charge < -0.3 is 5.32 Å². The minimum absolute atomic E-state index is 0.233. The Balaban J connectivity index is 1.60. The van der Waals surface area contributed by atoms with Crippen molar-refractivity contribution in [2.45, 2.75) is 25.3 Å². The number of carbonyl (C=O) groups excluding carboxylic acids is 1. The number of thiazole rings is 1. The molecule has 0 spiro atoms. The average molecular weight is 297 g/mol. The van der Waals surface area contributed by atoms with Crippen LogP contribution in [-0.2, 0) is 13.6 Å². The molecule has 19 heavy (non-hydrogen) atoms. The number of nitrogens with one attached hydrogen (secondary N) is 1. The zero-order valence-corrected chi connectivity index (χ0v) is 12.0. The Morgan fingerprint density at radius 2 is 2.42 bits per heavy atom. The number of halogens is 1. The highest BCUT2D eigenvalue weighted by Gasteiger charge is 2.26. The lowest BCUT2D eigenvalue weighted by Gasteiger charge is -1.99. The first kappa shape index (κ1) is 12.6. The van der Waals surface area contributed by atoms with E-state index in [2.05, 4.69) is 15.4 Å². The van der Waals surface area contributed by atoms with Crippen LogP contribution in [0.3, 0.4) is 0 Å². The second-order valence-electron chi connectivity index (χ2n) is 4.61. The molecule has 7 heteroatoms. The van der Waals surface area contributed by atoms with Crippen molar-refractivity contribution in [2.24, 2.45) is 7.05 Å². The smallest absolute Gasteiger partial charge is 0.272 e. The van der Waals surface area contributed by atoms with Gasteiger partial charge in [-0.3, -0.25) is 9.48 Å². The highest BCUT2D eigenvalue weighted by Crippen LogP contribution is 2.41. The summed E-state index contributed by atoms with van der Waals surface area (Å²) in [5, 5.41) is 10.4. The lowest BCUT2D eigenvalue weighted by molar-refractivity contribution is 0.0944. The molecule has 2 aromatic heterocycles. The van der Waals surface area contributed by atoms with Crippen LogP contribution < -0.4 is 5.32 Å². The first-order chi connectivity index (χ1) is 9.13. The number of hydrogen-bond acceptors (Lipinski definition) is 4. The van der Waals surface area contributed by atoms with Crippen molar-refractivity contribution in [3.05, 3.63) is 33.0 Å². The highest BCUT2D eigenvalue weighted by molar-refractivity contribution is 7.09. The third-order valence-corrected chi connectivity index (χ3v) is 4.39. The summed E-state index contributed by atoms with van der Waals surface area (Å²) in [6.07, 6.45) is 2.48. The van der Waals surface area contributed by atoms with E-state index < -0.39 is 0 Å². The molecule has 0 aliphatic heterocycles. The van der Waals surface area contributed by atoms with E-state index in [0.29, 0.717) is 23.3 Å². The van der Waals surface area contributed by atoms with Gasteiger partial charge in [0.15, 0.2) is 5.69 Å². The van der Waals surface area contributed by atoms with Gasteiger partial charge >= 0.3 is 0 Å². The zero-order valence-electron chi connectivity index (χ0n) is 10.4. The molecule has 0 bridgehead atoms. The van der Waals surface area contributed by atoms with E-state index in [1.807, 2.05) is 5.38 Å². The van der Waals surface area contributed by atoms with Crippen molar-refractivity contribution in [3.63, 3.8) is 0 Å². The van der Waals surface area contributed by atoms with Gasteiger partial charge in [0.25, 0.3) is 5.91 Å². The van der Waals surface area contributed by atoms with Crippen LogP contribution in [0.25, 0.3) is 0 Å². The molecule has 0 unspecified atom stereocenters. The molecule has 0 radical (unpaired) electrons. The highest BCUT2D eigenvalue weighted by atomic mass is 35.5. The summed E-state index contributed by atoms with van der Waals surface area (Å²) in [5.41, 5.74) is 1.23. The fraction of sp³-hybridized carbons (Fsp3) is 0.417. The summed E-state index contributed by atoms with van der Waals surface area (Å²) in [5.74, 6) is 0.424. The van der Waals surface area contributed by atoms with Gasteiger partial charge in [0.05, 0.1) is 17.2 Å². The molecule has 2 heterocycles. The van der Waals surface area contributed by atoms with Crippen molar-refractivity contribution < 1.29 is 4.79 Å². The van der Waals surface area contributed by atoms with Crippen LogP contribution in [0.1, 0.15) is 39.9 Å². The summed E-state index contributed by atoms with van der Waals surface area (Å²) in [6, 6.07) is 1.55. The van der Waals surface area contributed by atoms with Gasteiger partial charge in [-0.25, -0.2) is 4.98 Å². The minimum Gasteiger partial charge on any atom is -0.345 e. The second-order valence-corrected chi connectivity index (χ2v) is 5.89. The molecule has 0 saturated heterocycles. The standard InChI is InChI=1S/C12H13ClN4OS/c1-17-10(13)4-9(16-17)11(18)14-5-8-6-19-12(15-8)7-2-3-7/h4,6-7H,2-3,5H2,1H3,(H,14,18). The molecule has 100 valence electrons. The topological polar surface area (TPSA) is 59.8 Å². The van der Waals surface area contributed by atoms with Gasteiger partial charge in [0, 0.05) is 24.4 Å². The first-order valence-electron chi connectivity index (χ1n) is 6.05. The summed E-state index contributed by atoms with van der Waals surface area (Å²) < 4.78 is 1.46. The molecule has 2 aromatic rings. The maximum absolute atomic E-state index is 11.9. The SMILES string of the molecule is Cn1nc(C(=O)NCc2csc(C3CC3)n2)cc1Cl. The Kier molecular flexibility index (Phi) is 3.28. The van der Waals surface area contributed by atoms with E-state index >= 15 is 0 Å². The molecule has 1 amide bonds. The minimum atomic E-state index is -0.233. The third kappa shape index (κ3) is 2.79. The summed E-state index contributed by atoms with van der Waals surface area (Å²) >= 11 is 7.52. The molecule has 0 atom stereocenters. The molecule has 1 aliphatic carbocycles. The fourth-order valence-corrected chi connectivity index (χ4v) is 2.87. The number of hydrogen-bond donors (Lipinski definition) is 1. The van der Waals surface area contributed by atoms with Gasteiger partial charge in [-0.05, 0) is 12.8 Å². The van der Waals surface area contributed by atoms with Crippen LogP contribution in [0.4, 0.5) is 0 Å². The molecule has 1 fully saturated rings. The van der Waals surface area contributed by atoms with E-state index in [1.165, 1.54) is 22.5 Å². The van der Waals surface area contributed by atoms with E-state index in [1.54, 1.807) is 24.5 Å². The van der Waals surface area contributed by atoms with Gasteiger partial charge in [-0.2, -0.15) is 5.10 Å². The number of amides is 1. The molecular formula is C12H13ClN4OS. The molecule has 5 nitrogen and oxygen atoms in total. The van der Waals surface area contributed by atoms with Crippen molar-refractivity contribution >= 4 is 28.8 Å². The number of aromatic nitrogens is 3. The van der Waals surface area contributed by atoms with Crippen LogP contribution in [0, 0.1) is 0 Å². The molecule has 3 rings (SSSR count). The van der Waals surface area contributed by atoms with Gasteiger partial charge in [-0.15, -0.1) is 11.3 Å². The lowest BCUT2D eigenvalue weighted by atomic mass is 10.4. The number of carbonyl (C=O) groups is 1. The average Bonchev–Trinajstić information content (AvgIpc) is 3.04. The Hall–Kier alpha value is -1.40. The predicted octanol–water partition coefficient (Wildman–Crippen LogP) is 2.34. The Bertz CT molecular complexity index is 598. The van der Waals surface area contributed by atoms with Crippen LogP contribution >= 0.6 is 22.9 Å². The molecule has 1 saturated carbocycles. The van der Waals surface area contributed by atoms with Crippen molar-refractivity contribution in [2.75, 3.05) is 0 Å². The zero-order chi connectivity index (χ0) is 13.4. The van der Waals surface area contributed by atoms with Crippen molar-refractivity contribution in [3.8, 4) is 0 Å². The number of nitrogens with zero attached hydrogens (tertiary/aromatic N) is 3. The summed E-state index contributed by atoms with van der Waals surface area (Å²) in [6.45, 7) is 0.427. The second kappa shape index (κ2) is 4.94. The van der Waals surface area contributed by atoms with Crippen LogP contribution in [0.15, 0.2) is 11.4 Å². The molecule has 1 N–H and O–H groups in total. The van der Waals surface area contributed by atoms with Crippen LogP contribution in [-0.4, -0.2) is 20.7 Å². The van der Waals surface area contributed by atoms with E-state index in [9.17, 15) is 4.79 Å². The quantitative estimate of drug-likeness (QED) is 0.942. The van der Waals surface area contributed by atoms with Gasteiger partial charge in [0.1, 0.15) is 5.15 Å². The lowest BCUT2D eigenvalue weighted by Crippen LogP contribution is -2.23. The Morgan fingerprint density at radius 3 is 3.05 bits per heavy atom.